The van der Waals surface area contributed by atoms with Crippen LogP contribution in [0.25, 0.3) is 0 Å². The van der Waals surface area contributed by atoms with Crippen molar-refractivity contribution in [2.45, 2.75) is 19.4 Å². The SMILES string of the molecule is COc1ccc(C(O)Cc2ccc(C)cc2)cn1. The Labute approximate surface area is 107 Å². The summed E-state index contributed by atoms with van der Waals surface area (Å²) in [5.74, 6) is 0.557. The van der Waals surface area contributed by atoms with Crippen LogP contribution in [0, 0.1) is 6.92 Å². The molecule has 0 aliphatic carbocycles. The van der Waals surface area contributed by atoms with Crippen LogP contribution in [-0.4, -0.2) is 17.2 Å². The van der Waals surface area contributed by atoms with Crippen molar-refractivity contribution in [3.63, 3.8) is 0 Å². The molecule has 0 amide bonds. The summed E-state index contributed by atoms with van der Waals surface area (Å²) < 4.78 is 4.99. The number of aliphatic hydroxyl groups excluding tert-OH is 1. The fraction of sp³-hybridized carbons (Fsp3) is 0.267. The van der Waals surface area contributed by atoms with Crippen molar-refractivity contribution >= 4 is 0 Å². The maximum atomic E-state index is 10.1. The fourth-order valence-electron chi connectivity index (χ4n) is 1.77. The van der Waals surface area contributed by atoms with E-state index in [-0.39, 0.29) is 0 Å². The topological polar surface area (TPSA) is 42.4 Å². The summed E-state index contributed by atoms with van der Waals surface area (Å²) in [5, 5.41) is 10.1. The van der Waals surface area contributed by atoms with Crippen molar-refractivity contribution in [3.05, 3.63) is 59.3 Å². The molecule has 0 fully saturated rings. The minimum Gasteiger partial charge on any atom is -0.481 e. The molecule has 3 heteroatoms. The lowest BCUT2D eigenvalue weighted by Crippen LogP contribution is -2.02. The van der Waals surface area contributed by atoms with Gasteiger partial charge in [0.05, 0.1) is 13.2 Å². The number of ether oxygens (including phenoxy) is 1. The quantitative estimate of drug-likeness (QED) is 0.897. The molecule has 1 unspecified atom stereocenters. The van der Waals surface area contributed by atoms with Crippen molar-refractivity contribution in [1.29, 1.82) is 0 Å². The van der Waals surface area contributed by atoms with Crippen molar-refractivity contribution in [2.75, 3.05) is 7.11 Å². The van der Waals surface area contributed by atoms with Gasteiger partial charge in [0.25, 0.3) is 0 Å². The summed E-state index contributed by atoms with van der Waals surface area (Å²) in [6, 6.07) is 11.8. The van der Waals surface area contributed by atoms with Crippen LogP contribution in [0.1, 0.15) is 22.8 Å². The minimum absolute atomic E-state index is 0.536. The molecule has 1 atom stereocenters. The maximum absolute atomic E-state index is 10.1. The number of nitrogens with zero attached hydrogens (tertiary/aromatic N) is 1. The van der Waals surface area contributed by atoms with E-state index >= 15 is 0 Å². The number of methoxy groups -OCH3 is 1. The number of hydrogen-bond acceptors (Lipinski definition) is 3. The third-order valence-corrected chi connectivity index (χ3v) is 2.90. The monoisotopic (exact) mass is 243 g/mol. The van der Waals surface area contributed by atoms with Crippen LogP contribution in [-0.2, 0) is 6.42 Å². The van der Waals surface area contributed by atoms with E-state index in [9.17, 15) is 5.11 Å². The van der Waals surface area contributed by atoms with Gasteiger partial charge in [-0.15, -0.1) is 0 Å². The number of aromatic nitrogens is 1. The van der Waals surface area contributed by atoms with E-state index in [1.807, 2.05) is 37.3 Å². The third kappa shape index (κ3) is 3.08. The summed E-state index contributed by atoms with van der Waals surface area (Å²) >= 11 is 0. The molecule has 0 bridgehead atoms. The van der Waals surface area contributed by atoms with Crippen LogP contribution in [0.5, 0.6) is 5.88 Å². The second-order valence-corrected chi connectivity index (χ2v) is 4.34. The molecule has 1 heterocycles. The van der Waals surface area contributed by atoms with E-state index in [0.717, 1.165) is 11.1 Å². The molecule has 2 aromatic rings. The van der Waals surface area contributed by atoms with Gasteiger partial charge in [-0.3, -0.25) is 0 Å². The van der Waals surface area contributed by atoms with Crippen LogP contribution < -0.4 is 4.74 Å². The Balaban J connectivity index is 2.06. The van der Waals surface area contributed by atoms with Gasteiger partial charge in [0.2, 0.25) is 5.88 Å². The fourth-order valence-corrected chi connectivity index (χ4v) is 1.77. The number of rotatable bonds is 4. The van der Waals surface area contributed by atoms with Gasteiger partial charge in [-0.25, -0.2) is 4.98 Å². The van der Waals surface area contributed by atoms with Crippen molar-refractivity contribution in [1.82, 2.24) is 4.98 Å². The first-order valence-corrected chi connectivity index (χ1v) is 5.92. The van der Waals surface area contributed by atoms with E-state index in [2.05, 4.69) is 4.98 Å². The molecule has 0 saturated carbocycles. The smallest absolute Gasteiger partial charge is 0.212 e. The zero-order valence-electron chi connectivity index (χ0n) is 10.6. The molecule has 0 radical (unpaired) electrons. The van der Waals surface area contributed by atoms with Gasteiger partial charge < -0.3 is 9.84 Å². The first kappa shape index (κ1) is 12.6. The highest BCUT2D eigenvalue weighted by atomic mass is 16.5. The zero-order valence-corrected chi connectivity index (χ0v) is 10.6. The molecular weight excluding hydrogens is 226 g/mol. The molecular formula is C15H17NO2. The predicted octanol–water partition coefficient (Wildman–Crippen LogP) is 2.67. The van der Waals surface area contributed by atoms with Crippen molar-refractivity contribution in [3.8, 4) is 5.88 Å². The van der Waals surface area contributed by atoms with Gasteiger partial charge in [0, 0.05) is 18.7 Å². The van der Waals surface area contributed by atoms with E-state index in [1.165, 1.54) is 5.56 Å². The molecule has 1 aromatic carbocycles. The lowest BCUT2D eigenvalue weighted by molar-refractivity contribution is 0.178. The number of aliphatic hydroxyl groups is 1. The van der Waals surface area contributed by atoms with Crippen LogP contribution in [0.3, 0.4) is 0 Å². The van der Waals surface area contributed by atoms with Gasteiger partial charge in [0.15, 0.2) is 0 Å². The van der Waals surface area contributed by atoms with E-state index in [4.69, 9.17) is 4.74 Å². The molecule has 3 nitrogen and oxygen atoms in total. The average molecular weight is 243 g/mol. The van der Waals surface area contributed by atoms with Crippen LogP contribution in [0.2, 0.25) is 0 Å². The Morgan fingerprint density at radius 1 is 1.17 bits per heavy atom. The van der Waals surface area contributed by atoms with Crippen LogP contribution in [0.4, 0.5) is 0 Å². The molecule has 18 heavy (non-hydrogen) atoms. The molecule has 0 saturated heterocycles. The van der Waals surface area contributed by atoms with E-state index < -0.39 is 6.10 Å². The van der Waals surface area contributed by atoms with Gasteiger partial charge >= 0.3 is 0 Å². The molecule has 94 valence electrons. The summed E-state index contributed by atoms with van der Waals surface area (Å²) in [6.07, 6.45) is 1.71. The van der Waals surface area contributed by atoms with Gasteiger partial charge in [0.1, 0.15) is 0 Å². The predicted molar refractivity (Wildman–Crippen MR) is 70.6 cm³/mol. The highest BCUT2D eigenvalue weighted by molar-refractivity contribution is 5.25. The lowest BCUT2D eigenvalue weighted by Gasteiger charge is -2.11. The van der Waals surface area contributed by atoms with Crippen LogP contribution in [0.15, 0.2) is 42.6 Å². The van der Waals surface area contributed by atoms with Crippen molar-refractivity contribution < 1.29 is 9.84 Å². The number of benzene rings is 1. The number of hydrogen-bond donors (Lipinski definition) is 1. The average Bonchev–Trinajstić information content (AvgIpc) is 2.41. The van der Waals surface area contributed by atoms with Gasteiger partial charge in [-0.1, -0.05) is 29.8 Å². The maximum Gasteiger partial charge on any atom is 0.212 e. The second-order valence-electron chi connectivity index (χ2n) is 4.34. The number of aryl methyl sites for hydroxylation is 1. The minimum atomic E-state index is -0.536. The Morgan fingerprint density at radius 2 is 1.89 bits per heavy atom. The molecule has 1 aromatic heterocycles. The highest BCUT2D eigenvalue weighted by Gasteiger charge is 2.09. The standard InChI is InChI=1S/C15H17NO2/c1-11-3-5-12(6-4-11)9-14(17)13-7-8-15(18-2)16-10-13/h3-8,10,14,17H,9H2,1-2H3. The first-order valence-electron chi connectivity index (χ1n) is 5.92. The summed E-state index contributed by atoms with van der Waals surface area (Å²) in [4.78, 5) is 4.09. The Morgan fingerprint density at radius 3 is 2.44 bits per heavy atom. The highest BCUT2D eigenvalue weighted by Crippen LogP contribution is 2.19. The Bertz CT molecular complexity index is 491. The largest absolute Gasteiger partial charge is 0.481 e. The van der Waals surface area contributed by atoms with Crippen molar-refractivity contribution in [2.24, 2.45) is 0 Å². The molecule has 1 N–H and O–H groups in total. The summed E-state index contributed by atoms with van der Waals surface area (Å²) in [5.41, 5.74) is 3.14. The zero-order chi connectivity index (χ0) is 13.0. The van der Waals surface area contributed by atoms with Gasteiger partial charge in [-0.2, -0.15) is 0 Å². The Kier molecular flexibility index (Phi) is 3.95. The van der Waals surface area contributed by atoms with Gasteiger partial charge in [-0.05, 0) is 24.1 Å². The summed E-state index contributed by atoms with van der Waals surface area (Å²) in [6.45, 7) is 2.05. The van der Waals surface area contributed by atoms with E-state index in [0.29, 0.717) is 12.3 Å². The third-order valence-electron chi connectivity index (χ3n) is 2.90. The first-order chi connectivity index (χ1) is 8.69. The molecule has 0 aliphatic rings. The normalized spacial score (nSPS) is 12.2. The number of pyridine rings is 1. The molecule has 2 rings (SSSR count). The lowest BCUT2D eigenvalue weighted by atomic mass is 10.0. The summed E-state index contributed by atoms with van der Waals surface area (Å²) in [7, 11) is 1.57. The van der Waals surface area contributed by atoms with E-state index in [1.54, 1.807) is 19.4 Å². The Hall–Kier alpha value is -1.87. The molecule has 0 spiro atoms. The second kappa shape index (κ2) is 5.65. The van der Waals surface area contributed by atoms with Crippen LogP contribution >= 0.6 is 0 Å². The molecule has 0 aliphatic heterocycles.